The number of carbonyl (C=O) groups is 1. The number of aromatic nitrogens is 1. The molecule has 0 aliphatic carbocycles. The molecule has 0 N–H and O–H groups in total. The van der Waals surface area contributed by atoms with E-state index in [-0.39, 0.29) is 16.8 Å². The smallest absolute Gasteiger partial charge is 0.309 e. The van der Waals surface area contributed by atoms with Crippen molar-refractivity contribution < 1.29 is 17.9 Å². The minimum absolute atomic E-state index is 0.184. The number of esters is 1. The molecule has 6 nitrogen and oxygen atoms in total. The van der Waals surface area contributed by atoms with Crippen molar-refractivity contribution >= 4 is 16.0 Å². The Bertz CT molecular complexity index is 817. The first kappa shape index (κ1) is 18.5. The molecule has 1 aromatic heterocycles. The standard InChI is InChI=1S/C19H22N2O4S/c22-19(25-14-10-16-5-2-1-3-6-16)17-8-12-21(13-9-17)26(23,24)18-7-4-11-20-15-18/h1-7,11,15,17H,8-10,12-14H2. The molecule has 0 unspecified atom stereocenters. The van der Waals surface area contributed by atoms with Gasteiger partial charge in [-0.1, -0.05) is 30.3 Å². The van der Waals surface area contributed by atoms with E-state index >= 15 is 0 Å². The van der Waals surface area contributed by atoms with E-state index in [4.69, 9.17) is 4.74 Å². The lowest BCUT2D eigenvalue weighted by Gasteiger charge is -2.30. The molecule has 0 radical (unpaired) electrons. The minimum atomic E-state index is -3.55. The average molecular weight is 374 g/mol. The van der Waals surface area contributed by atoms with Gasteiger partial charge in [0.1, 0.15) is 4.90 Å². The second-order valence-corrected chi connectivity index (χ2v) is 8.21. The van der Waals surface area contributed by atoms with Crippen LogP contribution in [0.15, 0.2) is 59.8 Å². The lowest BCUT2D eigenvalue weighted by molar-refractivity contribution is -0.149. The maximum Gasteiger partial charge on any atom is 0.309 e. The molecule has 0 atom stereocenters. The molecule has 1 saturated heterocycles. The molecule has 1 fully saturated rings. The predicted molar refractivity (Wildman–Crippen MR) is 96.8 cm³/mol. The molecule has 0 bridgehead atoms. The summed E-state index contributed by atoms with van der Waals surface area (Å²) in [5.74, 6) is -0.481. The van der Waals surface area contributed by atoms with Crippen molar-refractivity contribution in [3.05, 3.63) is 60.4 Å². The number of rotatable bonds is 6. The Balaban J connectivity index is 1.48. The van der Waals surface area contributed by atoms with Crippen LogP contribution in [-0.4, -0.2) is 43.4 Å². The van der Waals surface area contributed by atoms with Gasteiger partial charge in [0.2, 0.25) is 10.0 Å². The third-order valence-corrected chi connectivity index (χ3v) is 6.42. The number of ether oxygens (including phenoxy) is 1. The van der Waals surface area contributed by atoms with Gasteiger partial charge in [0.15, 0.2) is 0 Å². The number of nitrogens with zero attached hydrogens (tertiary/aromatic N) is 2. The SMILES string of the molecule is O=C(OCCc1ccccc1)C1CCN(S(=O)(=O)c2cccnc2)CC1. The summed E-state index contributed by atoms with van der Waals surface area (Å²) < 4.78 is 31.9. The number of carbonyl (C=O) groups excluding carboxylic acids is 1. The Morgan fingerprint density at radius 1 is 1.12 bits per heavy atom. The average Bonchev–Trinajstić information content (AvgIpc) is 2.69. The van der Waals surface area contributed by atoms with Crippen LogP contribution in [0.2, 0.25) is 0 Å². The van der Waals surface area contributed by atoms with Crippen LogP contribution in [-0.2, 0) is 26.0 Å². The first-order valence-corrected chi connectivity index (χ1v) is 10.1. The summed E-state index contributed by atoms with van der Waals surface area (Å²) >= 11 is 0. The summed E-state index contributed by atoms with van der Waals surface area (Å²) in [4.78, 5) is 16.3. The van der Waals surface area contributed by atoms with Crippen LogP contribution in [0.3, 0.4) is 0 Å². The molecule has 2 aromatic rings. The predicted octanol–water partition coefficient (Wildman–Crippen LogP) is 2.27. The molecule has 0 saturated carbocycles. The number of piperidine rings is 1. The summed E-state index contributed by atoms with van der Waals surface area (Å²) in [7, 11) is -3.55. The number of benzene rings is 1. The second kappa shape index (κ2) is 8.42. The Morgan fingerprint density at radius 3 is 2.50 bits per heavy atom. The summed E-state index contributed by atoms with van der Waals surface area (Å²) in [5, 5.41) is 0. The van der Waals surface area contributed by atoms with Crippen LogP contribution in [0, 0.1) is 5.92 Å². The highest BCUT2D eigenvalue weighted by Gasteiger charge is 2.32. The van der Waals surface area contributed by atoms with Gasteiger partial charge in [-0.15, -0.1) is 0 Å². The fourth-order valence-electron chi connectivity index (χ4n) is 3.01. The highest BCUT2D eigenvalue weighted by atomic mass is 32.2. The van der Waals surface area contributed by atoms with E-state index in [0.29, 0.717) is 39.0 Å². The van der Waals surface area contributed by atoms with E-state index in [1.807, 2.05) is 30.3 Å². The Morgan fingerprint density at radius 2 is 1.85 bits per heavy atom. The van der Waals surface area contributed by atoms with Gasteiger partial charge >= 0.3 is 5.97 Å². The summed E-state index contributed by atoms with van der Waals surface area (Å²) in [6, 6.07) is 13.0. The van der Waals surface area contributed by atoms with Crippen LogP contribution in [0.5, 0.6) is 0 Å². The van der Waals surface area contributed by atoms with Crippen LogP contribution >= 0.6 is 0 Å². The molecular weight excluding hydrogens is 352 g/mol. The van der Waals surface area contributed by atoms with E-state index in [2.05, 4.69) is 4.98 Å². The van der Waals surface area contributed by atoms with Crippen molar-refractivity contribution in [2.24, 2.45) is 5.92 Å². The number of sulfonamides is 1. The molecule has 7 heteroatoms. The topological polar surface area (TPSA) is 76.6 Å². The fraction of sp³-hybridized carbons (Fsp3) is 0.368. The largest absolute Gasteiger partial charge is 0.465 e. The summed E-state index contributed by atoms with van der Waals surface area (Å²) in [6.45, 7) is 0.975. The van der Waals surface area contributed by atoms with Crippen molar-refractivity contribution in [2.45, 2.75) is 24.2 Å². The van der Waals surface area contributed by atoms with Crippen LogP contribution in [0.25, 0.3) is 0 Å². The maximum absolute atomic E-state index is 12.6. The van der Waals surface area contributed by atoms with E-state index in [0.717, 1.165) is 5.56 Å². The van der Waals surface area contributed by atoms with Gasteiger partial charge in [0.25, 0.3) is 0 Å². The highest BCUT2D eigenvalue weighted by molar-refractivity contribution is 7.89. The van der Waals surface area contributed by atoms with Crippen molar-refractivity contribution in [1.82, 2.24) is 9.29 Å². The first-order chi connectivity index (χ1) is 12.6. The van der Waals surface area contributed by atoms with Gasteiger partial charge in [-0.25, -0.2) is 8.42 Å². The van der Waals surface area contributed by atoms with Crippen molar-refractivity contribution in [1.29, 1.82) is 0 Å². The summed E-state index contributed by atoms with van der Waals surface area (Å²) in [6.07, 6.45) is 4.52. The van der Waals surface area contributed by atoms with Gasteiger partial charge in [-0.3, -0.25) is 9.78 Å². The normalized spacial score (nSPS) is 16.3. The minimum Gasteiger partial charge on any atom is -0.465 e. The summed E-state index contributed by atoms with van der Waals surface area (Å²) in [5.41, 5.74) is 1.12. The zero-order valence-electron chi connectivity index (χ0n) is 14.5. The van der Waals surface area contributed by atoms with Crippen molar-refractivity contribution in [3.8, 4) is 0 Å². The third-order valence-electron chi connectivity index (χ3n) is 4.54. The molecule has 2 heterocycles. The van der Waals surface area contributed by atoms with Crippen LogP contribution in [0.4, 0.5) is 0 Å². The molecule has 26 heavy (non-hydrogen) atoms. The number of hydrogen-bond acceptors (Lipinski definition) is 5. The second-order valence-electron chi connectivity index (χ2n) is 6.27. The van der Waals surface area contributed by atoms with E-state index in [9.17, 15) is 13.2 Å². The van der Waals surface area contributed by atoms with Crippen LogP contribution < -0.4 is 0 Å². The number of pyridine rings is 1. The van der Waals surface area contributed by atoms with Gasteiger partial charge in [-0.2, -0.15) is 4.31 Å². The van der Waals surface area contributed by atoms with Gasteiger partial charge in [-0.05, 0) is 30.5 Å². The maximum atomic E-state index is 12.6. The quantitative estimate of drug-likeness (QED) is 0.725. The number of hydrogen-bond donors (Lipinski definition) is 0. The van der Waals surface area contributed by atoms with Gasteiger partial charge < -0.3 is 4.74 Å². The van der Waals surface area contributed by atoms with Crippen molar-refractivity contribution in [3.63, 3.8) is 0 Å². The molecule has 1 aliphatic heterocycles. The lowest BCUT2D eigenvalue weighted by Crippen LogP contribution is -2.40. The lowest BCUT2D eigenvalue weighted by atomic mass is 9.98. The van der Waals surface area contributed by atoms with E-state index in [1.165, 1.54) is 22.8 Å². The molecule has 138 valence electrons. The Hall–Kier alpha value is -2.25. The van der Waals surface area contributed by atoms with Crippen LogP contribution in [0.1, 0.15) is 18.4 Å². The van der Waals surface area contributed by atoms with Crippen molar-refractivity contribution in [2.75, 3.05) is 19.7 Å². The van der Waals surface area contributed by atoms with E-state index in [1.54, 1.807) is 6.07 Å². The third kappa shape index (κ3) is 4.47. The molecular formula is C19H22N2O4S. The Labute approximate surface area is 153 Å². The molecule has 3 rings (SSSR count). The fourth-order valence-corrected chi connectivity index (χ4v) is 4.45. The molecule has 0 spiro atoms. The van der Waals surface area contributed by atoms with Gasteiger partial charge in [0.05, 0.1) is 12.5 Å². The van der Waals surface area contributed by atoms with E-state index < -0.39 is 10.0 Å². The zero-order chi connectivity index (χ0) is 18.4. The first-order valence-electron chi connectivity index (χ1n) is 8.68. The van der Waals surface area contributed by atoms with Gasteiger partial charge in [0, 0.05) is 31.9 Å². The molecule has 1 aliphatic rings. The monoisotopic (exact) mass is 374 g/mol. The highest BCUT2D eigenvalue weighted by Crippen LogP contribution is 2.24. The zero-order valence-corrected chi connectivity index (χ0v) is 15.3. The Kier molecular flexibility index (Phi) is 6.00. The molecule has 1 aromatic carbocycles. The molecule has 0 amide bonds.